The monoisotopic (exact) mass is 272 g/mol. The lowest BCUT2D eigenvalue weighted by Crippen LogP contribution is -2.14. The molecule has 0 spiro atoms. The zero-order valence-corrected chi connectivity index (χ0v) is 11.3. The second-order valence-corrected chi connectivity index (χ2v) is 4.58. The Bertz CT molecular complexity index is 581. The van der Waals surface area contributed by atoms with Crippen molar-refractivity contribution in [3.63, 3.8) is 0 Å². The topological polar surface area (TPSA) is 41.1 Å². The molecule has 0 fully saturated rings. The molecule has 104 valence electrons. The highest BCUT2D eigenvalue weighted by atomic mass is 19.1. The molecule has 2 rings (SSSR count). The first-order chi connectivity index (χ1) is 9.67. The molecular formula is C16H17FN2O. The Balaban J connectivity index is 1.94. The second kappa shape index (κ2) is 6.82. The SMILES string of the molecule is CNCc1ccc(NC(=O)Cc2cccc(F)c2)cc1. The van der Waals surface area contributed by atoms with Crippen molar-refractivity contribution in [2.45, 2.75) is 13.0 Å². The fourth-order valence-corrected chi connectivity index (χ4v) is 1.95. The molecule has 1 amide bonds. The fourth-order valence-electron chi connectivity index (χ4n) is 1.95. The summed E-state index contributed by atoms with van der Waals surface area (Å²) in [5, 5.41) is 5.86. The van der Waals surface area contributed by atoms with E-state index in [4.69, 9.17) is 0 Å². The van der Waals surface area contributed by atoms with Gasteiger partial charge >= 0.3 is 0 Å². The molecule has 0 aliphatic carbocycles. The molecule has 20 heavy (non-hydrogen) atoms. The van der Waals surface area contributed by atoms with Gasteiger partial charge in [0.25, 0.3) is 0 Å². The van der Waals surface area contributed by atoms with Gasteiger partial charge in [-0.2, -0.15) is 0 Å². The maximum absolute atomic E-state index is 13.0. The van der Waals surface area contributed by atoms with Crippen LogP contribution in [0.4, 0.5) is 10.1 Å². The van der Waals surface area contributed by atoms with E-state index in [1.807, 2.05) is 31.3 Å². The molecule has 2 aromatic rings. The van der Waals surface area contributed by atoms with Gasteiger partial charge in [0.15, 0.2) is 0 Å². The number of rotatable bonds is 5. The van der Waals surface area contributed by atoms with Crippen LogP contribution in [0.15, 0.2) is 48.5 Å². The van der Waals surface area contributed by atoms with Crippen LogP contribution in [0.3, 0.4) is 0 Å². The van der Waals surface area contributed by atoms with Gasteiger partial charge in [0.2, 0.25) is 5.91 Å². The lowest BCUT2D eigenvalue weighted by Gasteiger charge is -2.07. The van der Waals surface area contributed by atoms with E-state index in [9.17, 15) is 9.18 Å². The maximum Gasteiger partial charge on any atom is 0.228 e. The predicted molar refractivity (Wildman–Crippen MR) is 77.9 cm³/mol. The molecule has 0 radical (unpaired) electrons. The van der Waals surface area contributed by atoms with Gasteiger partial charge in [0.05, 0.1) is 6.42 Å². The van der Waals surface area contributed by atoms with E-state index in [1.165, 1.54) is 12.1 Å². The minimum atomic E-state index is -0.327. The van der Waals surface area contributed by atoms with Gasteiger partial charge in [-0.15, -0.1) is 0 Å². The van der Waals surface area contributed by atoms with Crippen molar-refractivity contribution in [3.8, 4) is 0 Å². The van der Waals surface area contributed by atoms with Gasteiger partial charge < -0.3 is 10.6 Å². The van der Waals surface area contributed by atoms with E-state index < -0.39 is 0 Å². The van der Waals surface area contributed by atoms with Crippen LogP contribution in [0.2, 0.25) is 0 Å². The second-order valence-electron chi connectivity index (χ2n) is 4.58. The summed E-state index contributed by atoms with van der Waals surface area (Å²) in [5.74, 6) is -0.483. The van der Waals surface area contributed by atoms with Crippen LogP contribution in [-0.4, -0.2) is 13.0 Å². The van der Waals surface area contributed by atoms with Gasteiger partial charge in [0.1, 0.15) is 5.82 Å². The third-order valence-electron chi connectivity index (χ3n) is 2.87. The normalized spacial score (nSPS) is 10.3. The molecule has 2 N–H and O–H groups in total. The molecule has 3 nitrogen and oxygen atoms in total. The van der Waals surface area contributed by atoms with Crippen molar-refractivity contribution >= 4 is 11.6 Å². The van der Waals surface area contributed by atoms with Crippen LogP contribution in [0, 0.1) is 5.82 Å². The number of halogens is 1. The third-order valence-corrected chi connectivity index (χ3v) is 2.87. The summed E-state index contributed by atoms with van der Waals surface area (Å²) in [6.07, 6.45) is 0.163. The van der Waals surface area contributed by atoms with E-state index in [0.717, 1.165) is 17.8 Å². The van der Waals surface area contributed by atoms with Crippen LogP contribution in [0.5, 0.6) is 0 Å². The van der Waals surface area contributed by atoms with Crippen LogP contribution < -0.4 is 10.6 Å². The van der Waals surface area contributed by atoms with Gasteiger partial charge in [-0.25, -0.2) is 4.39 Å². The van der Waals surface area contributed by atoms with E-state index in [2.05, 4.69) is 10.6 Å². The number of hydrogen-bond donors (Lipinski definition) is 2. The van der Waals surface area contributed by atoms with Crippen molar-refractivity contribution in [1.29, 1.82) is 0 Å². The molecule has 0 aliphatic rings. The summed E-state index contributed by atoms with van der Waals surface area (Å²) in [5.41, 5.74) is 2.55. The van der Waals surface area contributed by atoms with E-state index >= 15 is 0 Å². The quantitative estimate of drug-likeness (QED) is 0.878. The van der Waals surface area contributed by atoms with Crippen molar-refractivity contribution in [1.82, 2.24) is 5.32 Å². The van der Waals surface area contributed by atoms with Crippen molar-refractivity contribution in [3.05, 3.63) is 65.5 Å². The highest BCUT2D eigenvalue weighted by Crippen LogP contribution is 2.11. The minimum Gasteiger partial charge on any atom is -0.326 e. The Morgan fingerprint density at radius 2 is 1.85 bits per heavy atom. The molecule has 4 heteroatoms. The summed E-state index contributed by atoms with van der Waals surface area (Å²) < 4.78 is 13.0. The Labute approximate surface area is 117 Å². The smallest absolute Gasteiger partial charge is 0.228 e. The molecule has 0 saturated carbocycles. The number of nitrogens with one attached hydrogen (secondary N) is 2. The Morgan fingerprint density at radius 1 is 1.10 bits per heavy atom. The summed E-state index contributed by atoms with van der Waals surface area (Å²) in [4.78, 5) is 11.9. The summed E-state index contributed by atoms with van der Waals surface area (Å²) in [6, 6.07) is 13.7. The number of amides is 1. The minimum absolute atomic E-state index is 0.156. The summed E-state index contributed by atoms with van der Waals surface area (Å²) in [7, 11) is 1.88. The number of hydrogen-bond acceptors (Lipinski definition) is 2. The average Bonchev–Trinajstić information content (AvgIpc) is 2.41. The van der Waals surface area contributed by atoms with Gasteiger partial charge in [-0.05, 0) is 42.4 Å². The van der Waals surface area contributed by atoms with Crippen LogP contribution >= 0.6 is 0 Å². The number of benzene rings is 2. The summed E-state index contributed by atoms with van der Waals surface area (Å²) in [6.45, 7) is 0.789. The van der Waals surface area contributed by atoms with Gasteiger partial charge in [-0.1, -0.05) is 24.3 Å². The standard InChI is InChI=1S/C16H17FN2O/c1-18-11-12-5-7-15(8-6-12)19-16(20)10-13-3-2-4-14(17)9-13/h2-9,18H,10-11H2,1H3,(H,19,20). The molecule has 0 heterocycles. The molecule has 0 atom stereocenters. The van der Waals surface area contributed by atoms with Crippen molar-refractivity contribution in [2.24, 2.45) is 0 Å². The van der Waals surface area contributed by atoms with Gasteiger partial charge in [0, 0.05) is 12.2 Å². The number of carbonyl (C=O) groups is 1. The highest BCUT2D eigenvalue weighted by Gasteiger charge is 2.05. The lowest BCUT2D eigenvalue weighted by molar-refractivity contribution is -0.115. The third kappa shape index (κ3) is 4.17. The average molecular weight is 272 g/mol. The predicted octanol–water partition coefficient (Wildman–Crippen LogP) is 2.73. The molecule has 0 bridgehead atoms. The number of anilines is 1. The van der Waals surface area contributed by atoms with Crippen LogP contribution in [-0.2, 0) is 17.8 Å². The largest absolute Gasteiger partial charge is 0.326 e. The fraction of sp³-hybridized carbons (Fsp3) is 0.188. The van der Waals surface area contributed by atoms with Crippen molar-refractivity contribution in [2.75, 3.05) is 12.4 Å². The Kier molecular flexibility index (Phi) is 4.85. The highest BCUT2D eigenvalue weighted by molar-refractivity contribution is 5.92. The zero-order valence-electron chi connectivity index (χ0n) is 11.3. The maximum atomic E-state index is 13.0. The number of carbonyl (C=O) groups excluding carboxylic acids is 1. The van der Waals surface area contributed by atoms with Crippen LogP contribution in [0.1, 0.15) is 11.1 Å². The molecular weight excluding hydrogens is 255 g/mol. The van der Waals surface area contributed by atoms with E-state index in [-0.39, 0.29) is 18.1 Å². The molecule has 0 saturated heterocycles. The zero-order chi connectivity index (χ0) is 14.4. The van der Waals surface area contributed by atoms with Gasteiger partial charge in [-0.3, -0.25) is 4.79 Å². The van der Waals surface area contributed by atoms with E-state index in [0.29, 0.717) is 5.56 Å². The molecule has 0 unspecified atom stereocenters. The molecule has 0 aromatic heterocycles. The first-order valence-electron chi connectivity index (χ1n) is 6.45. The first kappa shape index (κ1) is 14.2. The van der Waals surface area contributed by atoms with Crippen molar-refractivity contribution < 1.29 is 9.18 Å². The Hall–Kier alpha value is -2.20. The Morgan fingerprint density at radius 3 is 2.50 bits per heavy atom. The lowest BCUT2D eigenvalue weighted by atomic mass is 10.1. The first-order valence-corrected chi connectivity index (χ1v) is 6.45. The summed E-state index contributed by atoms with van der Waals surface area (Å²) >= 11 is 0. The molecule has 0 aliphatic heterocycles. The molecule has 2 aromatic carbocycles. The van der Waals surface area contributed by atoms with Crippen LogP contribution in [0.25, 0.3) is 0 Å². The van der Waals surface area contributed by atoms with E-state index in [1.54, 1.807) is 12.1 Å².